The van der Waals surface area contributed by atoms with E-state index in [0.717, 1.165) is 6.20 Å². The quantitative estimate of drug-likeness (QED) is 0.233. The SMILES string of the molecule is Nc1nc(=O)n([C@@H]2O[C@H](COP(=O)(O)OP(=O)(O)O)[C@@H](O)[C@H]2O)cc1O. The molecule has 2 rings (SSSR count). The topological polar surface area (TPSA) is 244 Å². The van der Waals surface area contributed by atoms with Gasteiger partial charge in [0.05, 0.1) is 12.8 Å². The van der Waals surface area contributed by atoms with E-state index in [1.807, 2.05) is 0 Å². The first kappa shape index (κ1) is 20.9. The normalized spacial score (nSPS) is 28.8. The number of hydrogen-bond acceptors (Lipinski definition) is 11. The molecule has 1 unspecified atom stereocenters. The lowest BCUT2D eigenvalue weighted by Crippen LogP contribution is -2.36. The van der Waals surface area contributed by atoms with E-state index < -0.39 is 64.0 Å². The number of aliphatic hydroxyl groups excluding tert-OH is 2. The highest BCUT2D eigenvalue weighted by molar-refractivity contribution is 7.60. The van der Waals surface area contributed by atoms with Crippen LogP contribution in [0.2, 0.25) is 0 Å². The first-order valence-corrected chi connectivity index (χ1v) is 9.67. The predicted molar refractivity (Wildman–Crippen MR) is 79.4 cm³/mol. The average molecular weight is 419 g/mol. The molecule has 1 aliphatic rings. The first-order chi connectivity index (χ1) is 11.8. The maximum Gasteiger partial charge on any atom is 0.481 e. The van der Waals surface area contributed by atoms with Crippen molar-refractivity contribution in [1.82, 2.24) is 9.55 Å². The van der Waals surface area contributed by atoms with E-state index in [1.165, 1.54) is 0 Å². The highest BCUT2D eigenvalue weighted by Gasteiger charge is 2.46. The Morgan fingerprint density at radius 2 is 1.88 bits per heavy atom. The summed E-state index contributed by atoms with van der Waals surface area (Å²) in [5.41, 5.74) is 4.21. The molecule has 26 heavy (non-hydrogen) atoms. The lowest BCUT2D eigenvalue weighted by Gasteiger charge is -2.18. The van der Waals surface area contributed by atoms with Crippen LogP contribution in [-0.4, -0.2) is 64.5 Å². The number of rotatable bonds is 6. The second-order valence-corrected chi connectivity index (χ2v) is 7.91. The number of hydrogen-bond donors (Lipinski definition) is 7. The van der Waals surface area contributed by atoms with E-state index in [2.05, 4.69) is 13.8 Å². The standard InChI is InChI=1S/C9H15N3O12P2/c10-7-3(13)1-12(9(16)11-7)8-6(15)5(14)4(23-8)2-22-26(20,21)24-25(17,18)19/h1,4-6,8,13-15H,2H2,(H,20,21)(H2,10,11,16)(H2,17,18,19)/t4-,5-,6-,8-/m1/s1. The summed E-state index contributed by atoms with van der Waals surface area (Å²) in [4.78, 5) is 41.2. The van der Waals surface area contributed by atoms with Crippen LogP contribution in [0.1, 0.15) is 6.23 Å². The van der Waals surface area contributed by atoms with Crippen LogP contribution < -0.4 is 11.4 Å². The van der Waals surface area contributed by atoms with Gasteiger partial charge in [0.1, 0.15) is 18.3 Å². The monoisotopic (exact) mass is 419 g/mol. The molecule has 8 N–H and O–H groups in total. The average Bonchev–Trinajstić information content (AvgIpc) is 2.75. The van der Waals surface area contributed by atoms with Crippen LogP contribution in [0.15, 0.2) is 11.0 Å². The van der Waals surface area contributed by atoms with E-state index in [4.69, 9.17) is 25.2 Å². The second-order valence-electron chi connectivity index (χ2n) is 5.08. The Labute approximate surface area is 144 Å². The van der Waals surface area contributed by atoms with Crippen molar-refractivity contribution in [2.24, 2.45) is 0 Å². The minimum absolute atomic E-state index is 0.477. The third-order valence-corrected chi connectivity index (χ3v) is 5.34. The van der Waals surface area contributed by atoms with Gasteiger partial charge >= 0.3 is 21.3 Å². The molecule has 0 amide bonds. The van der Waals surface area contributed by atoms with E-state index in [1.54, 1.807) is 0 Å². The number of nitrogens with two attached hydrogens (primary N) is 1. The lowest BCUT2D eigenvalue weighted by atomic mass is 10.1. The summed E-state index contributed by atoms with van der Waals surface area (Å²) in [6.07, 6.45) is -5.75. The number of nitrogens with zero attached hydrogens (tertiary/aromatic N) is 2. The van der Waals surface area contributed by atoms with E-state index in [9.17, 15) is 29.2 Å². The molecule has 17 heteroatoms. The summed E-state index contributed by atoms with van der Waals surface area (Å²) in [5.74, 6) is -1.08. The molecule has 0 aliphatic carbocycles. The van der Waals surface area contributed by atoms with Crippen LogP contribution in [-0.2, 0) is 22.7 Å². The zero-order valence-corrected chi connectivity index (χ0v) is 14.4. The number of phosphoric ester groups is 1. The van der Waals surface area contributed by atoms with Crippen LogP contribution in [0.25, 0.3) is 0 Å². The van der Waals surface area contributed by atoms with Crippen LogP contribution in [0.3, 0.4) is 0 Å². The van der Waals surface area contributed by atoms with Gasteiger partial charge in [0.15, 0.2) is 17.8 Å². The maximum absolute atomic E-state index is 11.8. The van der Waals surface area contributed by atoms with Crippen molar-refractivity contribution in [3.8, 4) is 5.75 Å². The van der Waals surface area contributed by atoms with Crippen molar-refractivity contribution in [3.05, 3.63) is 16.7 Å². The smallest absolute Gasteiger partial charge is 0.481 e. The van der Waals surface area contributed by atoms with E-state index in [0.29, 0.717) is 4.57 Å². The van der Waals surface area contributed by atoms with Gasteiger partial charge < -0.3 is 40.5 Å². The van der Waals surface area contributed by atoms with Crippen molar-refractivity contribution in [1.29, 1.82) is 0 Å². The zero-order chi connectivity index (χ0) is 19.9. The summed E-state index contributed by atoms with van der Waals surface area (Å²) in [6, 6.07) is 0. The van der Waals surface area contributed by atoms with Crippen LogP contribution in [0.5, 0.6) is 5.75 Å². The molecule has 1 aromatic rings. The van der Waals surface area contributed by atoms with E-state index >= 15 is 0 Å². The molecule has 0 radical (unpaired) electrons. The fourth-order valence-electron chi connectivity index (χ4n) is 2.08. The molecule has 1 aliphatic heterocycles. The number of anilines is 1. The molecular weight excluding hydrogens is 404 g/mol. The summed E-state index contributed by atoms with van der Waals surface area (Å²) in [5, 5.41) is 29.3. The molecule has 148 valence electrons. The Hall–Kier alpha value is -1.38. The van der Waals surface area contributed by atoms with Gasteiger partial charge in [-0.15, -0.1) is 0 Å². The minimum atomic E-state index is -5.34. The molecule has 1 saturated heterocycles. The molecule has 5 atom stereocenters. The van der Waals surface area contributed by atoms with Gasteiger partial charge in [-0.05, 0) is 0 Å². The van der Waals surface area contributed by atoms with Crippen molar-refractivity contribution in [2.45, 2.75) is 24.5 Å². The molecule has 0 bridgehead atoms. The third-order valence-electron chi connectivity index (χ3n) is 3.18. The Morgan fingerprint density at radius 1 is 1.27 bits per heavy atom. The minimum Gasteiger partial charge on any atom is -0.503 e. The highest BCUT2D eigenvalue weighted by Crippen LogP contribution is 2.57. The molecule has 15 nitrogen and oxygen atoms in total. The van der Waals surface area contributed by atoms with Gasteiger partial charge in [-0.25, -0.2) is 13.9 Å². The number of nitrogen functional groups attached to an aromatic ring is 1. The molecule has 0 saturated carbocycles. The number of aromatic hydroxyl groups is 1. The Bertz CT molecular complexity index is 823. The zero-order valence-electron chi connectivity index (χ0n) is 12.6. The van der Waals surface area contributed by atoms with Crippen LogP contribution in [0.4, 0.5) is 5.82 Å². The molecule has 0 spiro atoms. The molecule has 1 fully saturated rings. The predicted octanol–water partition coefficient (Wildman–Crippen LogP) is -2.62. The fraction of sp³-hybridized carbons (Fsp3) is 0.556. The van der Waals surface area contributed by atoms with Gasteiger partial charge in [0.25, 0.3) is 0 Å². The van der Waals surface area contributed by atoms with Gasteiger partial charge in [-0.2, -0.15) is 9.29 Å². The van der Waals surface area contributed by atoms with Crippen molar-refractivity contribution in [2.75, 3.05) is 12.3 Å². The number of ether oxygens (including phenoxy) is 1. The number of aliphatic hydroxyl groups is 2. The summed E-state index contributed by atoms with van der Waals surface area (Å²) in [7, 11) is -10.5. The van der Waals surface area contributed by atoms with Gasteiger partial charge in [0.2, 0.25) is 0 Å². The van der Waals surface area contributed by atoms with Crippen molar-refractivity contribution in [3.63, 3.8) is 0 Å². The van der Waals surface area contributed by atoms with Gasteiger partial charge in [-0.1, -0.05) is 0 Å². The third kappa shape index (κ3) is 4.86. The Balaban J connectivity index is 2.13. The van der Waals surface area contributed by atoms with Crippen molar-refractivity contribution < 1.29 is 52.7 Å². The highest BCUT2D eigenvalue weighted by atomic mass is 31.3. The summed E-state index contributed by atoms with van der Waals surface area (Å²) >= 11 is 0. The molecule has 2 heterocycles. The summed E-state index contributed by atoms with van der Waals surface area (Å²) < 4.78 is 35.5. The van der Waals surface area contributed by atoms with Crippen LogP contribution in [0, 0.1) is 0 Å². The molecule has 0 aromatic carbocycles. The number of phosphoric acid groups is 2. The fourth-order valence-corrected chi connectivity index (χ4v) is 3.67. The van der Waals surface area contributed by atoms with Gasteiger partial charge in [0, 0.05) is 0 Å². The van der Waals surface area contributed by atoms with Gasteiger partial charge in [-0.3, -0.25) is 9.09 Å². The Kier molecular flexibility index (Phi) is 5.90. The summed E-state index contributed by atoms with van der Waals surface area (Å²) in [6.45, 7) is -0.939. The largest absolute Gasteiger partial charge is 0.503 e. The number of aromatic nitrogens is 2. The second kappa shape index (κ2) is 7.32. The maximum atomic E-state index is 11.8. The molecule has 1 aromatic heterocycles. The van der Waals surface area contributed by atoms with E-state index in [-0.39, 0.29) is 0 Å². The molecular formula is C9H15N3O12P2. The van der Waals surface area contributed by atoms with Crippen molar-refractivity contribution >= 4 is 21.5 Å². The Morgan fingerprint density at radius 3 is 2.46 bits per heavy atom. The van der Waals surface area contributed by atoms with Crippen LogP contribution >= 0.6 is 15.6 Å². The lowest BCUT2D eigenvalue weighted by molar-refractivity contribution is -0.0543. The first-order valence-electron chi connectivity index (χ1n) is 6.64.